The monoisotopic (exact) mass is 369 g/mol. The molecule has 1 saturated carbocycles. The van der Waals surface area contributed by atoms with Crippen molar-refractivity contribution in [3.05, 3.63) is 29.3 Å². The van der Waals surface area contributed by atoms with Gasteiger partial charge in [-0.1, -0.05) is 0 Å². The zero-order chi connectivity index (χ0) is 19.3. The SMILES string of the molecule is CC(C)(C)OC(=O)N[C@H](C(=O)O)C1c2c(F)cc(F)cc2OCC12CC2. The number of halogens is 2. The Bertz CT molecular complexity index is 755. The average molecular weight is 369 g/mol. The molecule has 1 spiro atoms. The third-order valence-corrected chi connectivity index (χ3v) is 4.71. The van der Waals surface area contributed by atoms with Crippen LogP contribution in [0.3, 0.4) is 0 Å². The molecule has 1 aliphatic carbocycles. The van der Waals surface area contributed by atoms with Gasteiger partial charge in [0.1, 0.15) is 29.0 Å². The number of carbonyl (C=O) groups is 2. The van der Waals surface area contributed by atoms with E-state index in [9.17, 15) is 23.5 Å². The van der Waals surface area contributed by atoms with Crippen LogP contribution in [0, 0.1) is 17.0 Å². The largest absolute Gasteiger partial charge is 0.492 e. The van der Waals surface area contributed by atoms with Gasteiger partial charge in [0, 0.05) is 29.0 Å². The number of nitrogens with one attached hydrogen (secondary N) is 1. The second kappa shape index (κ2) is 6.10. The van der Waals surface area contributed by atoms with Crippen molar-refractivity contribution in [3.63, 3.8) is 0 Å². The molecule has 26 heavy (non-hydrogen) atoms. The Labute approximate surface area is 149 Å². The molecule has 0 aromatic heterocycles. The normalized spacial score (nSPS) is 21.3. The summed E-state index contributed by atoms with van der Waals surface area (Å²) in [6.07, 6.45) is 0.359. The summed E-state index contributed by atoms with van der Waals surface area (Å²) in [7, 11) is 0. The predicted octanol–water partition coefficient (Wildman–Crippen LogP) is 3.20. The van der Waals surface area contributed by atoms with Gasteiger partial charge in [0.15, 0.2) is 0 Å². The summed E-state index contributed by atoms with van der Waals surface area (Å²) in [6, 6.07) is 0.311. The van der Waals surface area contributed by atoms with Crippen molar-refractivity contribution in [2.75, 3.05) is 6.61 Å². The molecule has 3 rings (SSSR count). The molecule has 1 aromatic rings. The molecule has 0 saturated heterocycles. The lowest BCUT2D eigenvalue weighted by molar-refractivity contribution is -0.141. The molecule has 1 unspecified atom stereocenters. The minimum absolute atomic E-state index is 0.0152. The van der Waals surface area contributed by atoms with Gasteiger partial charge < -0.3 is 19.9 Å². The molecule has 2 atom stereocenters. The summed E-state index contributed by atoms with van der Waals surface area (Å²) in [5.41, 5.74) is -1.42. The molecule has 1 heterocycles. The van der Waals surface area contributed by atoms with E-state index in [0.717, 1.165) is 6.07 Å². The van der Waals surface area contributed by atoms with Gasteiger partial charge in [-0.25, -0.2) is 18.4 Å². The predicted molar refractivity (Wildman–Crippen MR) is 87.1 cm³/mol. The van der Waals surface area contributed by atoms with E-state index in [1.54, 1.807) is 20.8 Å². The van der Waals surface area contributed by atoms with E-state index >= 15 is 0 Å². The first kappa shape index (κ1) is 18.4. The van der Waals surface area contributed by atoms with Crippen LogP contribution in [0.25, 0.3) is 0 Å². The Morgan fingerprint density at radius 1 is 1.35 bits per heavy atom. The van der Waals surface area contributed by atoms with Crippen molar-refractivity contribution >= 4 is 12.1 Å². The van der Waals surface area contributed by atoms with Crippen LogP contribution in [0.15, 0.2) is 12.1 Å². The van der Waals surface area contributed by atoms with Crippen LogP contribution in [0.4, 0.5) is 13.6 Å². The number of aliphatic carboxylic acids is 1. The van der Waals surface area contributed by atoms with Gasteiger partial charge >= 0.3 is 12.1 Å². The fraction of sp³-hybridized carbons (Fsp3) is 0.556. The minimum Gasteiger partial charge on any atom is -0.492 e. The maximum absolute atomic E-state index is 14.5. The van der Waals surface area contributed by atoms with Gasteiger partial charge in [-0.15, -0.1) is 0 Å². The third-order valence-electron chi connectivity index (χ3n) is 4.71. The van der Waals surface area contributed by atoms with Crippen molar-refractivity contribution in [3.8, 4) is 5.75 Å². The zero-order valence-electron chi connectivity index (χ0n) is 14.8. The highest BCUT2D eigenvalue weighted by Gasteiger charge is 2.59. The lowest BCUT2D eigenvalue weighted by Gasteiger charge is -2.37. The van der Waals surface area contributed by atoms with E-state index in [1.165, 1.54) is 0 Å². The smallest absolute Gasteiger partial charge is 0.408 e. The van der Waals surface area contributed by atoms with Crippen LogP contribution in [-0.4, -0.2) is 35.4 Å². The van der Waals surface area contributed by atoms with Crippen LogP contribution in [0.2, 0.25) is 0 Å². The zero-order valence-corrected chi connectivity index (χ0v) is 14.8. The van der Waals surface area contributed by atoms with Crippen molar-refractivity contribution < 1.29 is 33.0 Å². The second-order valence-electron chi connectivity index (χ2n) is 7.89. The fourth-order valence-corrected chi connectivity index (χ4v) is 3.46. The van der Waals surface area contributed by atoms with Crippen molar-refractivity contribution in [1.82, 2.24) is 5.32 Å². The molecule has 1 fully saturated rings. The van der Waals surface area contributed by atoms with Gasteiger partial charge in [0.25, 0.3) is 0 Å². The number of amides is 1. The number of fused-ring (bicyclic) bond motifs is 1. The van der Waals surface area contributed by atoms with E-state index in [0.29, 0.717) is 18.9 Å². The van der Waals surface area contributed by atoms with Crippen molar-refractivity contribution in [2.24, 2.45) is 5.41 Å². The Balaban J connectivity index is 1.99. The van der Waals surface area contributed by atoms with Gasteiger partial charge in [-0.05, 0) is 33.6 Å². The molecule has 1 aromatic carbocycles. The highest BCUT2D eigenvalue weighted by Crippen LogP contribution is 2.61. The standard InChI is InChI=1S/C18H21F2NO5/c1-17(2,3)26-16(24)21-14(15(22)23)13-12-10(20)6-9(19)7-11(12)25-8-18(13)4-5-18/h6-7,13-14H,4-5,8H2,1-3H3,(H,21,24)(H,22,23)/t13?,14-/m0/s1. The Hall–Kier alpha value is -2.38. The van der Waals surface area contributed by atoms with E-state index in [-0.39, 0.29) is 17.9 Å². The van der Waals surface area contributed by atoms with Crippen LogP contribution in [0.5, 0.6) is 5.75 Å². The summed E-state index contributed by atoms with van der Waals surface area (Å²) in [6.45, 7) is 5.10. The molecule has 2 N–H and O–H groups in total. The highest BCUT2D eigenvalue weighted by atomic mass is 19.1. The number of carboxylic acid groups (broad SMARTS) is 1. The lowest BCUT2D eigenvalue weighted by atomic mass is 9.76. The van der Waals surface area contributed by atoms with Gasteiger partial charge in [0.05, 0.1) is 6.61 Å². The fourth-order valence-electron chi connectivity index (χ4n) is 3.46. The maximum Gasteiger partial charge on any atom is 0.408 e. The average Bonchev–Trinajstić information content (AvgIpc) is 3.24. The summed E-state index contributed by atoms with van der Waals surface area (Å²) in [4.78, 5) is 24.0. The molecular weight excluding hydrogens is 348 g/mol. The van der Waals surface area contributed by atoms with Gasteiger partial charge in [-0.3, -0.25) is 0 Å². The molecule has 1 amide bonds. The molecular formula is C18H21F2NO5. The summed E-state index contributed by atoms with van der Waals surface area (Å²) in [5, 5.41) is 12.0. The van der Waals surface area contributed by atoms with Crippen LogP contribution in [0.1, 0.15) is 45.1 Å². The molecule has 8 heteroatoms. The third kappa shape index (κ3) is 3.45. The number of alkyl carbamates (subject to hydrolysis) is 1. The van der Waals surface area contributed by atoms with E-state index < -0.39 is 46.7 Å². The van der Waals surface area contributed by atoms with Gasteiger partial charge in [0.2, 0.25) is 0 Å². The Kier molecular flexibility index (Phi) is 4.32. The van der Waals surface area contributed by atoms with E-state index in [1.807, 2.05) is 0 Å². The van der Waals surface area contributed by atoms with Crippen molar-refractivity contribution in [2.45, 2.75) is 51.2 Å². The number of carboxylic acids is 1. The van der Waals surface area contributed by atoms with Crippen LogP contribution >= 0.6 is 0 Å². The van der Waals surface area contributed by atoms with Crippen LogP contribution in [-0.2, 0) is 9.53 Å². The first-order valence-electron chi connectivity index (χ1n) is 8.36. The Morgan fingerprint density at radius 3 is 2.54 bits per heavy atom. The highest BCUT2D eigenvalue weighted by molar-refractivity contribution is 5.82. The number of hydrogen-bond acceptors (Lipinski definition) is 4. The Morgan fingerprint density at radius 2 is 2.00 bits per heavy atom. The lowest BCUT2D eigenvalue weighted by Crippen LogP contribution is -2.51. The number of hydrogen-bond donors (Lipinski definition) is 2. The molecule has 0 bridgehead atoms. The van der Waals surface area contributed by atoms with Crippen molar-refractivity contribution in [1.29, 1.82) is 0 Å². The molecule has 142 valence electrons. The first-order valence-corrected chi connectivity index (χ1v) is 8.36. The van der Waals surface area contributed by atoms with E-state index in [4.69, 9.17) is 9.47 Å². The quantitative estimate of drug-likeness (QED) is 0.855. The molecule has 1 aliphatic heterocycles. The minimum atomic E-state index is -1.42. The molecule has 6 nitrogen and oxygen atoms in total. The number of rotatable bonds is 3. The summed E-state index contributed by atoms with van der Waals surface area (Å²) >= 11 is 0. The van der Waals surface area contributed by atoms with E-state index in [2.05, 4.69) is 5.32 Å². The summed E-state index contributed by atoms with van der Waals surface area (Å²) in [5.74, 6) is -3.91. The topological polar surface area (TPSA) is 84.9 Å². The number of ether oxygens (including phenoxy) is 2. The molecule has 2 aliphatic rings. The maximum atomic E-state index is 14.5. The second-order valence-corrected chi connectivity index (χ2v) is 7.89. The number of carbonyl (C=O) groups excluding carboxylic acids is 1. The first-order chi connectivity index (χ1) is 12.0. The molecule has 0 radical (unpaired) electrons. The van der Waals surface area contributed by atoms with Crippen LogP contribution < -0.4 is 10.1 Å². The summed E-state index contributed by atoms with van der Waals surface area (Å²) < 4.78 is 38.7. The van der Waals surface area contributed by atoms with Gasteiger partial charge in [-0.2, -0.15) is 0 Å². The number of benzene rings is 1.